The summed E-state index contributed by atoms with van der Waals surface area (Å²) < 4.78 is 0. The summed E-state index contributed by atoms with van der Waals surface area (Å²) in [7, 11) is 0. The molecule has 1 aliphatic rings. The molecule has 0 aromatic heterocycles. The van der Waals surface area contributed by atoms with Crippen LogP contribution in [0.5, 0.6) is 0 Å². The number of aryl methyl sites for hydroxylation is 2. The summed E-state index contributed by atoms with van der Waals surface area (Å²) in [4.78, 5) is 24.8. The average Bonchev–Trinajstić information content (AvgIpc) is 2.75. The number of amides is 2. The maximum absolute atomic E-state index is 12.2. The molecule has 5 nitrogen and oxygen atoms in total. The van der Waals surface area contributed by atoms with E-state index in [0.717, 1.165) is 16.8 Å². The molecule has 5 heteroatoms. The van der Waals surface area contributed by atoms with Crippen molar-refractivity contribution in [2.75, 3.05) is 18.4 Å². The number of carbonyl (C=O) groups excluding carboxylic acids is 1. The molecule has 1 heterocycles. The van der Waals surface area contributed by atoms with Crippen LogP contribution in [0.15, 0.2) is 18.2 Å². The topological polar surface area (TPSA) is 69.6 Å². The van der Waals surface area contributed by atoms with Crippen molar-refractivity contribution >= 4 is 17.7 Å². The van der Waals surface area contributed by atoms with Crippen LogP contribution >= 0.6 is 0 Å². The molecule has 20 heavy (non-hydrogen) atoms. The second-order valence-corrected chi connectivity index (χ2v) is 5.58. The van der Waals surface area contributed by atoms with Crippen molar-refractivity contribution in [2.45, 2.75) is 20.8 Å². The first-order chi connectivity index (χ1) is 9.38. The molecule has 1 saturated heterocycles. The van der Waals surface area contributed by atoms with Crippen molar-refractivity contribution in [1.29, 1.82) is 0 Å². The van der Waals surface area contributed by atoms with Gasteiger partial charge in [-0.3, -0.25) is 4.79 Å². The molecule has 1 fully saturated rings. The zero-order chi connectivity index (χ0) is 14.9. The first-order valence-electron chi connectivity index (χ1n) is 6.74. The minimum Gasteiger partial charge on any atom is -0.481 e. The Labute approximate surface area is 118 Å². The fourth-order valence-corrected chi connectivity index (χ4v) is 2.60. The number of carboxylic acids is 1. The fraction of sp³-hybridized carbons (Fsp3) is 0.467. The van der Waals surface area contributed by atoms with E-state index in [1.807, 2.05) is 39.0 Å². The third kappa shape index (κ3) is 2.92. The molecule has 1 aromatic rings. The van der Waals surface area contributed by atoms with E-state index < -0.39 is 11.9 Å². The predicted molar refractivity (Wildman–Crippen MR) is 76.8 cm³/mol. The molecule has 0 saturated carbocycles. The van der Waals surface area contributed by atoms with Crippen LogP contribution in [0.4, 0.5) is 10.5 Å². The smallest absolute Gasteiger partial charge is 0.321 e. The van der Waals surface area contributed by atoms with Gasteiger partial charge in [-0.2, -0.15) is 0 Å². The largest absolute Gasteiger partial charge is 0.481 e. The van der Waals surface area contributed by atoms with Crippen molar-refractivity contribution in [2.24, 2.45) is 11.8 Å². The van der Waals surface area contributed by atoms with E-state index in [0.29, 0.717) is 6.54 Å². The Hall–Kier alpha value is -2.04. The number of carboxylic acid groups (broad SMARTS) is 1. The summed E-state index contributed by atoms with van der Waals surface area (Å²) in [5, 5.41) is 11.9. The first-order valence-corrected chi connectivity index (χ1v) is 6.74. The number of nitrogens with one attached hydrogen (secondary N) is 1. The van der Waals surface area contributed by atoms with Gasteiger partial charge in [-0.25, -0.2) is 4.79 Å². The molecule has 0 radical (unpaired) electrons. The number of rotatable bonds is 2. The van der Waals surface area contributed by atoms with Crippen molar-refractivity contribution in [3.63, 3.8) is 0 Å². The van der Waals surface area contributed by atoms with Crippen LogP contribution in [-0.2, 0) is 4.79 Å². The number of carbonyl (C=O) groups is 2. The van der Waals surface area contributed by atoms with Gasteiger partial charge in [0, 0.05) is 18.8 Å². The van der Waals surface area contributed by atoms with Gasteiger partial charge in [0.1, 0.15) is 0 Å². The quantitative estimate of drug-likeness (QED) is 0.872. The lowest BCUT2D eigenvalue weighted by molar-refractivity contribution is -0.142. The highest BCUT2D eigenvalue weighted by Gasteiger charge is 2.36. The van der Waals surface area contributed by atoms with E-state index in [4.69, 9.17) is 5.11 Å². The summed E-state index contributed by atoms with van der Waals surface area (Å²) >= 11 is 0. The standard InChI is InChI=1S/C15H20N2O3/c1-9-4-5-13(10(2)6-9)16-15(20)17-7-11(3)12(8-17)14(18)19/h4-6,11-12H,7-8H2,1-3H3,(H,16,20)(H,18,19). The summed E-state index contributed by atoms with van der Waals surface area (Å²) in [6.07, 6.45) is 0. The third-order valence-corrected chi connectivity index (χ3v) is 3.84. The second kappa shape index (κ2) is 5.53. The van der Waals surface area contributed by atoms with E-state index in [9.17, 15) is 9.59 Å². The number of benzene rings is 1. The van der Waals surface area contributed by atoms with Crippen LogP contribution in [0.2, 0.25) is 0 Å². The molecule has 0 aliphatic carbocycles. The van der Waals surface area contributed by atoms with Crippen LogP contribution in [0.25, 0.3) is 0 Å². The van der Waals surface area contributed by atoms with Gasteiger partial charge in [-0.15, -0.1) is 0 Å². The van der Waals surface area contributed by atoms with Gasteiger partial charge in [0.05, 0.1) is 5.92 Å². The number of aliphatic carboxylic acids is 1. The summed E-state index contributed by atoms with van der Waals surface area (Å²) in [6, 6.07) is 5.58. The molecule has 2 unspecified atom stereocenters. The highest BCUT2D eigenvalue weighted by Crippen LogP contribution is 2.24. The number of nitrogens with zero attached hydrogens (tertiary/aromatic N) is 1. The van der Waals surface area contributed by atoms with Crippen molar-refractivity contribution in [3.05, 3.63) is 29.3 Å². The van der Waals surface area contributed by atoms with Crippen LogP contribution < -0.4 is 5.32 Å². The van der Waals surface area contributed by atoms with E-state index in [2.05, 4.69) is 5.32 Å². The Kier molecular flexibility index (Phi) is 3.97. The fourth-order valence-electron chi connectivity index (χ4n) is 2.60. The average molecular weight is 276 g/mol. The number of hydrogen-bond donors (Lipinski definition) is 2. The normalized spacial score (nSPS) is 21.9. The predicted octanol–water partition coefficient (Wildman–Crippen LogP) is 2.49. The molecule has 2 N–H and O–H groups in total. The van der Waals surface area contributed by atoms with Gasteiger partial charge in [-0.05, 0) is 31.4 Å². The van der Waals surface area contributed by atoms with Gasteiger partial charge in [0.25, 0.3) is 0 Å². The van der Waals surface area contributed by atoms with Gasteiger partial charge < -0.3 is 15.3 Å². The SMILES string of the molecule is Cc1ccc(NC(=O)N2CC(C)C(C(=O)O)C2)c(C)c1. The summed E-state index contributed by atoms with van der Waals surface area (Å²) in [6.45, 7) is 6.55. The van der Waals surface area contributed by atoms with Crippen molar-refractivity contribution in [1.82, 2.24) is 4.90 Å². The number of likely N-dealkylation sites (tertiary alicyclic amines) is 1. The molecular weight excluding hydrogens is 256 g/mol. The van der Waals surface area contributed by atoms with Gasteiger partial charge >= 0.3 is 12.0 Å². The zero-order valence-electron chi connectivity index (χ0n) is 12.0. The minimum absolute atomic E-state index is 0.0163. The maximum atomic E-state index is 12.2. The third-order valence-electron chi connectivity index (χ3n) is 3.84. The van der Waals surface area contributed by atoms with E-state index in [1.165, 1.54) is 0 Å². The highest BCUT2D eigenvalue weighted by molar-refractivity contribution is 5.91. The van der Waals surface area contributed by atoms with Gasteiger partial charge in [-0.1, -0.05) is 24.6 Å². The lowest BCUT2D eigenvalue weighted by Gasteiger charge is -2.18. The van der Waals surface area contributed by atoms with Crippen molar-refractivity contribution < 1.29 is 14.7 Å². The monoisotopic (exact) mass is 276 g/mol. The molecule has 108 valence electrons. The zero-order valence-corrected chi connectivity index (χ0v) is 12.0. The Morgan fingerprint density at radius 1 is 1.30 bits per heavy atom. The van der Waals surface area contributed by atoms with E-state index >= 15 is 0 Å². The Balaban J connectivity index is 2.04. The minimum atomic E-state index is -0.834. The Morgan fingerprint density at radius 2 is 2.00 bits per heavy atom. The second-order valence-electron chi connectivity index (χ2n) is 5.58. The lowest BCUT2D eigenvalue weighted by Crippen LogP contribution is -2.34. The molecule has 1 aromatic carbocycles. The molecule has 2 atom stereocenters. The Bertz CT molecular complexity index is 542. The Morgan fingerprint density at radius 3 is 2.55 bits per heavy atom. The van der Waals surface area contributed by atoms with Crippen LogP contribution in [0.3, 0.4) is 0 Å². The molecule has 0 bridgehead atoms. The van der Waals surface area contributed by atoms with Crippen LogP contribution in [0.1, 0.15) is 18.1 Å². The number of anilines is 1. The number of urea groups is 1. The van der Waals surface area contributed by atoms with Crippen LogP contribution in [0, 0.1) is 25.7 Å². The van der Waals surface area contributed by atoms with Gasteiger partial charge in [0.15, 0.2) is 0 Å². The van der Waals surface area contributed by atoms with Crippen molar-refractivity contribution in [3.8, 4) is 0 Å². The molecule has 2 amide bonds. The summed E-state index contributed by atoms with van der Waals surface area (Å²) in [5.74, 6) is -1.32. The number of hydrogen-bond acceptors (Lipinski definition) is 2. The summed E-state index contributed by atoms with van der Waals surface area (Å²) in [5.41, 5.74) is 2.91. The van der Waals surface area contributed by atoms with E-state index in [1.54, 1.807) is 4.90 Å². The maximum Gasteiger partial charge on any atom is 0.321 e. The van der Waals surface area contributed by atoms with Crippen LogP contribution in [-0.4, -0.2) is 35.1 Å². The molecule has 1 aliphatic heterocycles. The highest BCUT2D eigenvalue weighted by atomic mass is 16.4. The first kappa shape index (κ1) is 14.4. The van der Waals surface area contributed by atoms with E-state index in [-0.39, 0.29) is 18.5 Å². The molecule has 0 spiro atoms. The molecule has 2 rings (SSSR count). The lowest BCUT2D eigenvalue weighted by atomic mass is 9.99. The van der Waals surface area contributed by atoms with Gasteiger partial charge in [0.2, 0.25) is 0 Å². The molecular formula is C15H20N2O3.